The molecule has 32 heavy (non-hydrogen) atoms. The number of carboxylic acid groups (broad SMARTS) is 1. The second kappa shape index (κ2) is 9.19. The van der Waals surface area contributed by atoms with Crippen molar-refractivity contribution in [2.24, 2.45) is 23.7 Å². The lowest BCUT2D eigenvalue weighted by Crippen LogP contribution is -2.46. The van der Waals surface area contributed by atoms with Gasteiger partial charge in [0.05, 0.1) is 30.3 Å². The van der Waals surface area contributed by atoms with Crippen molar-refractivity contribution in [3.63, 3.8) is 0 Å². The first-order valence-corrected chi connectivity index (χ1v) is 11.2. The predicted molar refractivity (Wildman–Crippen MR) is 113 cm³/mol. The normalized spacial score (nSPS) is 30.9. The van der Waals surface area contributed by atoms with Crippen molar-refractivity contribution in [3.8, 4) is 17.6 Å². The molecule has 0 radical (unpaired) electrons. The molecule has 2 bridgehead atoms. The summed E-state index contributed by atoms with van der Waals surface area (Å²) in [4.78, 5) is 36.0. The summed E-state index contributed by atoms with van der Waals surface area (Å²) >= 11 is 0. The molecule has 0 aliphatic heterocycles. The Morgan fingerprint density at radius 3 is 2.47 bits per heavy atom. The van der Waals surface area contributed by atoms with Gasteiger partial charge < -0.3 is 24.7 Å². The average molecular weight is 440 g/mol. The van der Waals surface area contributed by atoms with Crippen LogP contribution in [0, 0.1) is 35.0 Å². The fourth-order valence-corrected chi connectivity index (χ4v) is 5.70. The van der Waals surface area contributed by atoms with Crippen molar-refractivity contribution >= 4 is 18.2 Å². The largest absolute Gasteiger partial charge is 0.496 e. The molecule has 0 spiro atoms. The lowest BCUT2D eigenvalue weighted by Gasteiger charge is -2.29. The molecule has 0 aromatic heterocycles. The van der Waals surface area contributed by atoms with E-state index >= 15 is 0 Å². The van der Waals surface area contributed by atoms with E-state index in [2.05, 4.69) is 11.4 Å². The third-order valence-electron chi connectivity index (χ3n) is 7.37. The molecule has 0 saturated heterocycles. The number of nitrogens with one attached hydrogen (secondary N) is 1. The highest BCUT2D eigenvalue weighted by Crippen LogP contribution is 2.48. The summed E-state index contributed by atoms with van der Waals surface area (Å²) < 4.78 is 11.4. The van der Waals surface area contributed by atoms with Gasteiger partial charge in [-0.05, 0) is 62.8 Å². The van der Waals surface area contributed by atoms with Gasteiger partial charge in [-0.1, -0.05) is 0 Å². The standard InChI is InChI=1S/C24H28N2O6/c1-31-20-9-16(11-25)19(32-17-6-2-13(12-27)3-7-17)10-18(20)23(28)26-22-15-5-4-14(8-15)21(22)24(29)30/h9-10,12-15,17,21-22H,2-8H2,1H3,(H,26,28)(H,29,30). The Morgan fingerprint density at radius 2 is 1.84 bits per heavy atom. The Hall–Kier alpha value is -3.08. The maximum atomic E-state index is 13.2. The Morgan fingerprint density at radius 1 is 1.12 bits per heavy atom. The van der Waals surface area contributed by atoms with Crippen LogP contribution in [-0.2, 0) is 9.59 Å². The lowest BCUT2D eigenvalue weighted by molar-refractivity contribution is -0.144. The van der Waals surface area contributed by atoms with E-state index < -0.39 is 23.8 Å². The summed E-state index contributed by atoms with van der Waals surface area (Å²) in [7, 11) is 1.42. The van der Waals surface area contributed by atoms with Crippen LogP contribution in [0.2, 0.25) is 0 Å². The third kappa shape index (κ3) is 4.16. The van der Waals surface area contributed by atoms with Crippen LogP contribution in [0.3, 0.4) is 0 Å². The number of benzene rings is 1. The number of carboxylic acids is 1. The number of aliphatic carboxylic acids is 1. The zero-order valence-electron chi connectivity index (χ0n) is 18.1. The van der Waals surface area contributed by atoms with Gasteiger partial charge in [-0.25, -0.2) is 0 Å². The number of nitrogens with zero attached hydrogens (tertiary/aromatic N) is 1. The van der Waals surface area contributed by atoms with E-state index in [4.69, 9.17) is 9.47 Å². The molecule has 3 aliphatic rings. The van der Waals surface area contributed by atoms with E-state index in [1.807, 2.05) is 0 Å². The highest BCUT2D eigenvalue weighted by atomic mass is 16.5. The molecule has 3 fully saturated rings. The summed E-state index contributed by atoms with van der Waals surface area (Å²) in [6.45, 7) is 0. The minimum Gasteiger partial charge on any atom is -0.496 e. The Kier molecular flexibility index (Phi) is 6.35. The number of rotatable bonds is 7. The van der Waals surface area contributed by atoms with Crippen LogP contribution in [0.4, 0.5) is 0 Å². The Balaban J connectivity index is 1.55. The van der Waals surface area contributed by atoms with E-state index in [0.29, 0.717) is 18.6 Å². The molecule has 2 N–H and O–H groups in total. The molecular formula is C24H28N2O6. The van der Waals surface area contributed by atoms with Crippen molar-refractivity contribution in [2.45, 2.75) is 57.1 Å². The quantitative estimate of drug-likeness (QED) is 0.624. The molecule has 1 aromatic rings. The van der Waals surface area contributed by atoms with E-state index in [1.165, 1.54) is 19.2 Å². The van der Waals surface area contributed by atoms with Crippen molar-refractivity contribution in [1.82, 2.24) is 5.32 Å². The van der Waals surface area contributed by atoms with Crippen LogP contribution >= 0.6 is 0 Å². The van der Waals surface area contributed by atoms with Crippen molar-refractivity contribution in [3.05, 3.63) is 23.3 Å². The fraction of sp³-hybridized carbons (Fsp3) is 0.583. The van der Waals surface area contributed by atoms with Gasteiger partial charge >= 0.3 is 5.97 Å². The van der Waals surface area contributed by atoms with Gasteiger partial charge in [-0.15, -0.1) is 0 Å². The summed E-state index contributed by atoms with van der Waals surface area (Å²) in [5.41, 5.74) is 0.481. The molecule has 3 saturated carbocycles. The number of hydrogen-bond acceptors (Lipinski definition) is 6. The zero-order valence-corrected chi connectivity index (χ0v) is 18.1. The summed E-state index contributed by atoms with van der Waals surface area (Å²) in [6, 6.07) is 4.68. The Labute approximate surface area is 186 Å². The molecule has 0 heterocycles. The van der Waals surface area contributed by atoms with E-state index in [1.54, 1.807) is 0 Å². The summed E-state index contributed by atoms with van der Waals surface area (Å²) in [5, 5.41) is 22.2. The highest BCUT2D eigenvalue weighted by Gasteiger charge is 2.51. The van der Waals surface area contributed by atoms with E-state index in [-0.39, 0.29) is 40.7 Å². The fourth-order valence-electron chi connectivity index (χ4n) is 5.70. The molecular weight excluding hydrogens is 412 g/mol. The van der Waals surface area contributed by atoms with Crippen molar-refractivity contribution in [1.29, 1.82) is 5.26 Å². The first-order valence-electron chi connectivity index (χ1n) is 11.2. The van der Waals surface area contributed by atoms with E-state index in [0.717, 1.165) is 38.4 Å². The van der Waals surface area contributed by atoms with Gasteiger partial charge in [-0.2, -0.15) is 5.26 Å². The molecule has 1 aromatic carbocycles. The molecule has 4 rings (SSSR count). The van der Waals surface area contributed by atoms with Crippen LogP contribution < -0.4 is 14.8 Å². The predicted octanol–water partition coefficient (Wildman–Crippen LogP) is 2.93. The third-order valence-corrected chi connectivity index (χ3v) is 7.37. The van der Waals surface area contributed by atoms with Gasteiger partial charge in [0.2, 0.25) is 0 Å². The van der Waals surface area contributed by atoms with Gasteiger partial charge in [-0.3, -0.25) is 9.59 Å². The maximum absolute atomic E-state index is 13.2. The van der Waals surface area contributed by atoms with Crippen molar-refractivity contribution in [2.75, 3.05) is 7.11 Å². The van der Waals surface area contributed by atoms with Crippen LogP contribution in [0.25, 0.3) is 0 Å². The minimum atomic E-state index is -0.871. The Bertz CT molecular complexity index is 947. The summed E-state index contributed by atoms with van der Waals surface area (Å²) in [6.07, 6.45) is 6.35. The number of amides is 1. The molecule has 1 amide bonds. The van der Waals surface area contributed by atoms with Crippen LogP contribution in [0.15, 0.2) is 12.1 Å². The zero-order chi connectivity index (χ0) is 22.8. The summed E-state index contributed by atoms with van der Waals surface area (Å²) in [5.74, 6) is -1.02. The number of fused-ring (bicyclic) bond motifs is 2. The molecule has 3 aliphatic carbocycles. The maximum Gasteiger partial charge on any atom is 0.308 e. The minimum absolute atomic E-state index is 0.0476. The first kappa shape index (κ1) is 22.1. The second-order valence-electron chi connectivity index (χ2n) is 9.15. The van der Waals surface area contributed by atoms with Gasteiger partial charge in [0.25, 0.3) is 5.91 Å². The average Bonchev–Trinajstić information content (AvgIpc) is 3.41. The van der Waals surface area contributed by atoms with Crippen LogP contribution in [0.5, 0.6) is 11.5 Å². The highest BCUT2D eigenvalue weighted by molar-refractivity contribution is 5.98. The van der Waals surface area contributed by atoms with Gasteiger partial charge in [0, 0.05) is 18.0 Å². The number of hydrogen-bond donors (Lipinski definition) is 2. The number of carbonyl (C=O) groups excluding carboxylic acids is 2. The topological polar surface area (TPSA) is 126 Å². The molecule has 8 nitrogen and oxygen atoms in total. The second-order valence-corrected chi connectivity index (χ2v) is 9.15. The monoisotopic (exact) mass is 440 g/mol. The van der Waals surface area contributed by atoms with Gasteiger partial charge in [0.1, 0.15) is 23.9 Å². The number of ether oxygens (including phenoxy) is 2. The molecule has 8 heteroatoms. The molecule has 170 valence electrons. The smallest absolute Gasteiger partial charge is 0.308 e. The number of nitriles is 1. The lowest BCUT2D eigenvalue weighted by atomic mass is 9.84. The molecule has 4 atom stereocenters. The first-order chi connectivity index (χ1) is 15.4. The number of aldehydes is 1. The van der Waals surface area contributed by atoms with Gasteiger partial charge in [0.15, 0.2) is 0 Å². The molecule has 4 unspecified atom stereocenters. The number of carbonyl (C=O) groups is 3. The number of methoxy groups -OCH3 is 1. The van der Waals surface area contributed by atoms with Crippen LogP contribution in [-0.4, -0.2) is 42.5 Å². The SMILES string of the molecule is COc1cc(C#N)c(OC2CCC(C=O)CC2)cc1C(=O)NC1C2CCC(C2)C1C(=O)O. The van der Waals surface area contributed by atoms with Crippen molar-refractivity contribution < 1.29 is 29.0 Å². The van der Waals surface area contributed by atoms with E-state index in [9.17, 15) is 24.8 Å². The van der Waals surface area contributed by atoms with Crippen LogP contribution in [0.1, 0.15) is 60.9 Å².